The fourth-order valence-corrected chi connectivity index (χ4v) is 2.39. The van der Waals surface area contributed by atoms with Gasteiger partial charge in [0.15, 0.2) is 0 Å². The zero-order valence-corrected chi connectivity index (χ0v) is 13.7. The molecule has 6 heteroatoms. The van der Waals surface area contributed by atoms with Gasteiger partial charge < -0.3 is 19.4 Å². The summed E-state index contributed by atoms with van der Waals surface area (Å²) in [5.41, 5.74) is 1.00. The molecule has 0 bridgehead atoms. The van der Waals surface area contributed by atoms with E-state index in [-0.39, 0.29) is 30.2 Å². The topological polar surface area (TPSA) is 69.6 Å². The van der Waals surface area contributed by atoms with Crippen molar-refractivity contribution in [3.63, 3.8) is 0 Å². The van der Waals surface area contributed by atoms with E-state index in [0.29, 0.717) is 19.8 Å². The lowest BCUT2D eigenvalue weighted by atomic mass is 10.1. The number of carbonyl (C=O) groups excluding carboxylic acids is 1. The number of ether oxygens (including phenoxy) is 2. The number of amides is 1. The lowest BCUT2D eigenvalue weighted by Gasteiger charge is -2.32. The highest BCUT2D eigenvalue weighted by atomic mass is 16.5. The van der Waals surface area contributed by atoms with Gasteiger partial charge in [-0.3, -0.25) is 9.59 Å². The number of pyridine rings is 1. The Balaban J connectivity index is 1.90. The Kier molecular flexibility index (Phi) is 6.55. The lowest BCUT2D eigenvalue weighted by molar-refractivity contribution is -0.126. The summed E-state index contributed by atoms with van der Waals surface area (Å²) >= 11 is 0. The van der Waals surface area contributed by atoms with Crippen molar-refractivity contribution in [2.24, 2.45) is 0 Å². The van der Waals surface area contributed by atoms with Crippen molar-refractivity contribution in [3.8, 4) is 0 Å². The van der Waals surface area contributed by atoms with Crippen LogP contribution >= 0.6 is 0 Å². The number of allylic oxidation sites excluding steroid dienone is 1. The van der Waals surface area contributed by atoms with Gasteiger partial charge in [0, 0.05) is 18.9 Å². The average molecular weight is 320 g/mol. The molecule has 0 saturated carbocycles. The molecule has 23 heavy (non-hydrogen) atoms. The average Bonchev–Trinajstić information content (AvgIpc) is 2.51. The van der Waals surface area contributed by atoms with Crippen molar-refractivity contribution in [2.45, 2.75) is 39.0 Å². The number of aromatic nitrogens is 1. The summed E-state index contributed by atoms with van der Waals surface area (Å²) in [5, 5.41) is 2.91. The predicted molar refractivity (Wildman–Crippen MR) is 87.2 cm³/mol. The van der Waals surface area contributed by atoms with Crippen molar-refractivity contribution < 1.29 is 14.3 Å². The first-order valence-electron chi connectivity index (χ1n) is 7.84. The standard InChI is InChI=1S/C17H24N2O4/c1-13(2)6-10-23-15-7-9-22-12-14(15)18-16(20)11-19-8-4-3-5-17(19)21/h3-6,8,14-15H,7,9-12H2,1-2H3,(H,18,20)/t14-,15+/m1/s1. The maximum Gasteiger partial charge on any atom is 0.250 e. The van der Waals surface area contributed by atoms with Crippen molar-refractivity contribution in [1.82, 2.24) is 9.88 Å². The monoisotopic (exact) mass is 320 g/mol. The van der Waals surface area contributed by atoms with E-state index < -0.39 is 0 Å². The summed E-state index contributed by atoms with van der Waals surface area (Å²) in [6, 6.07) is 4.62. The van der Waals surface area contributed by atoms with E-state index in [2.05, 4.69) is 5.32 Å². The molecule has 0 radical (unpaired) electrons. The van der Waals surface area contributed by atoms with E-state index in [9.17, 15) is 9.59 Å². The highest BCUT2D eigenvalue weighted by molar-refractivity contribution is 5.76. The molecule has 2 rings (SSSR count). The second-order valence-corrected chi connectivity index (χ2v) is 5.86. The van der Waals surface area contributed by atoms with Gasteiger partial charge >= 0.3 is 0 Å². The third kappa shape index (κ3) is 5.65. The number of rotatable bonds is 6. The molecule has 1 N–H and O–H groups in total. The summed E-state index contributed by atoms with van der Waals surface area (Å²) in [6.45, 7) is 5.61. The largest absolute Gasteiger partial charge is 0.379 e. The van der Waals surface area contributed by atoms with Crippen LogP contribution in [0.4, 0.5) is 0 Å². The molecule has 1 saturated heterocycles. The molecular weight excluding hydrogens is 296 g/mol. The van der Waals surface area contributed by atoms with Crippen molar-refractivity contribution in [1.29, 1.82) is 0 Å². The highest BCUT2D eigenvalue weighted by Crippen LogP contribution is 2.12. The second-order valence-electron chi connectivity index (χ2n) is 5.86. The molecule has 1 aromatic rings. The highest BCUT2D eigenvalue weighted by Gasteiger charge is 2.27. The number of carbonyl (C=O) groups is 1. The first-order chi connectivity index (χ1) is 11.1. The molecule has 6 nitrogen and oxygen atoms in total. The molecule has 1 aliphatic heterocycles. The fraction of sp³-hybridized carbons (Fsp3) is 0.529. The molecule has 0 unspecified atom stereocenters. The number of nitrogens with zero attached hydrogens (tertiary/aromatic N) is 1. The quantitative estimate of drug-likeness (QED) is 0.797. The van der Waals surface area contributed by atoms with Gasteiger partial charge in [-0.15, -0.1) is 0 Å². The Hall–Kier alpha value is -1.92. The molecular formula is C17H24N2O4. The van der Waals surface area contributed by atoms with E-state index >= 15 is 0 Å². The molecule has 1 aromatic heterocycles. The Labute approximate surface area is 136 Å². The van der Waals surface area contributed by atoms with Gasteiger partial charge in [0.1, 0.15) is 6.54 Å². The Morgan fingerprint density at radius 3 is 3.04 bits per heavy atom. The van der Waals surface area contributed by atoms with Gasteiger partial charge in [0.05, 0.1) is 25.4 Å². The minimum Gasteiger partial charge on any atom is -0.379 e. The zero-order chi connectivity index (χ0) is 16.7. The Morgan fingerprint density at radius 2 is 2.30 bits per heavy atom. The van der Waals surface area contributed by atoms with E-state index in [1.165, 1.54) is 16.2 Å². The first-order valence-corrected chi connectivity index (χ1v) is 7.84. The predicted octanol–water partition coefficient (Wildman–Crippen LogP) is 1.10. The maximum absolute atomic E-state index is 12.2. The molecule has 0 spiro atoms. The molecule has 2 atom stereocenters. The van der Waals surface area contributed by atoms with Crippen LogP contribution < -0.4 is 10.9 Å². The maximum atomic E-state index is 12.2. The summed E-state index contributed by atoms with van der Waals surface area (Å²) in [6.07, 6.45) is 4.28. The van der Waals surface area contributed by atoms with Crippen molar-refractivity contribution in [2.75, 3.05) is 19.8 Å². The molecule has 1 amide bonds. The normalized spacial score (nSPS) is 20.8. The molecule has 126 valence electrons. The van der Waals surface area contributed by atoms with Gasteiger partial charge in [-0.25, -0.2) is 0 Å². The van der Waals surface area contributed by atoms with Gasteiger partial charge in [-0.05, 0) is 26.3 Å². The van der Waals surface area contributed by atoms with E-state index in [4.69, 9.17) is 9.47 Å². The molecule has 2 heterocycles. The molecule has 0 aliphatic carbocycles. The molecule has 1 aliphatic rings. The Bertz CT molecular complexity index is 605. The molecule has 1 fully saturated rings. The van der Waals surface area contributed by atoms with Crippen LogP contribution in [0.3, 0.4) is 0 Å². The third-order valence-electron chi connectivity index (χ3n) is 3.65. The summed E-state index contributed by atoms with van der Waals surface area (Å²) < 4.78 is 12.7. The summed E-state index contributed by atoms with van der Waals surface area (Å²) in [5.74, 6) is -0.218. The number of hydrogen-bond acceptors (Lipinski definition) is 4. The minimum absolute atomic E-state index is 0.00311. The fourth-order valence-electron chi connectivity index (χ4n) is 2.39. The number of hydrogen-bond donors (Lipinski definition) is 1. The SMILES string of the molecule is CC(C)=CCO[C@H]1CCOC[C@H]1NC(=O)Cn1ccccc1=O. The van der Waals surface area contributed by atoms with E-state index in [0.717, 1.165) is 6.42 Å². The van der Waals surface area contributed by atoms with Crippen LogP contribution in [0.15, 0.2) is 40.8 Å². The van der Waals surface area contributed by atoms with Crippen LogP contribution in [-0.2, 0) is 20.8 Å². The van der Waals surface area contributed by atoms with E-state index in [1.807, 2.05) is 19.9 Å². The van der Waals surface area contributed by atoms with Crippen molar-refractivity contribution >= 4 is 5.91 Å². The van der Waals surface area contributed by atoms with E-state index in [1.54, 1.807) is 18.3 Å². The van der Waals surface area contributed by atoms with Gasteiger partial charge in [-0.1, -0.05) is 17.7 Å². The third-order valence-corrected chi connectivity index (χ3v) is 3.65. The Morgan fingerprint density at radius 1 is 1.48 bits per heavy atom. The summed E-state index contributed by atoms with van der Waals surface area (Å²) in [7, 11) is 0. The van der Waals surface area contributed by atoms with Gasteiger partial charge in [0.2, 0.25) is 5.91 Å². The second kappa shape index (κ2) is 8.64. The summed E-state index contributed by atoms with van der Waals surface area (Å²) in [4.78, 5) is 23.8. The smallest absolute Gasteiger partial charge is 0.250 e. The molecule has 0 aromatic carbocycles. The van der Waals surface area contributed by atoms with Crippen LogP contribution in [0.5, 0.6) is 0 Å². The van der Waals surface area contributed by atoms with Crippen LogP contribution in [0, 0.1) is 0 Å². The minimum atomic E-state index is -0.218. The van der Waals surface area contributed by atoms with Crippen LogP contribution in [-0.4, -0.2) is 42.4 Å². The number of nitrogens with one attached hydrogen (secondary N) is 1. The first kappa shape index (κ1) is 17.4. The van der Waals surface area contributed by atoms with Gasteiger partial charge in [0.25, 0.3) is 5.56 Å². The lowest BCUT2D eigenvalue weighted by Crippen LogP contribution is -2.51. The van der Waals surface area contributed by atoms with Crippen LogP contribution in [0.25, 0.3) is 0 Å². The zero-order valence-electron chi connectivity index (χ0n) is 13.7. The van der Waals surface area contributed by atoms with Crippen LogP contribution in [0.1, 0.15) is 20.3 Å². The van der Waals surface area contributed by atoms with Gasteiger partial charge in [-0.2, -0.15) is 0 Å². The van der Waals surface area contributed by atoms with Crippen molar-refractivity contribution in [3.05, 3.63) is 46.4 Å². The van der Waals surface area contributed by atoms with Crippen LogP contribution in [0.2, 0.25) is 0 Å².